The summed E-state index contributed by atoms with van der Waals surface area (Å²) in [6.45, 7) is 5.09. The number of nitrogens with two attached hydrogens (primary N) is 1. The number of aliphatic hydroxyl groups excluding tert-OH is 1. The molecule has 0 saturated carbocycles. The van der Waals surface area contributed by atoms with Gasteiger partial charge in [-0.1, -0.05) is 36.1 Å². The van der Waals surface area contributed by atoms with E-state index in [2.05, 4.69) is 37.3 Å². The Kier molecular flexibility index (Phi) is 6.55. The largest absolute Gasteiger partial charge is 0.421 e. The average Bonchev–Trinajstić information content (AvgIpc) is 3.33. The van der Waals surface area contributed by atoms with Crippen molar-refractivity contribution in [3.8, 4) is 29.0 Å². The SMILES string of the molecule is Cc1nnc(-c2c(N)ncnc2N[C@@H](C)c2nc3cccc(C#CC(C)O)c3c(=O)n2-c2ccccc2)o1. The number of aromatic nitrogens is 6. The molecule has 0 bridgehead atoms. The highest BCUT2D eigenvalue weighted by Gasteiger charge is 2.23. The summed E-state index contributed by atoms with van der Waals surface area (Å²) in [6, 6.07) is 13.9. The van der Waals surface area contributed by atoms with E-state index in [1.807, 2.05) is 37.3 Å². The fourth-order valence-corrected chi connectivity index (χ4v) is 4.04. The first-order valence-corrected chi connectivity index (χ1v) is 11.8. The van der Waals surface area contributed by atoms with Gasteiger partial charge >= 0.3 is 0 Å². The van der Waals surface area contributed by atoms with E-state index in [0.717, 1.165) is 0 Å². The molecule has 5 rings (SSSR count). The molecule has 4 N–H and O–H groups in total. The van der Waals surface area contributed by atoms with Crippen LogP contribution in [0.25, 0.3) is 28.0 Å². The topological polar surface area (TPSA) is 158 Å². The minimum atomic E-state index is -0.838. The molecule has 3 aromatic heterocycles. The lowest BCUT2D eigenvalue weighted by atomic mass is 10.1. The first-order chi connectivity index (χ1) is 18.3. The van der Waals surface area contributed by atoms with Crippen LogP contribution in [-0.2, 0) is 0 Å². The summed E-state index contributed by atoms with van der Waals surface area (Å²) < 4.78 is 7.11. The molecule has 0 fully saturated rings. The van der Waals surface area contributed by atoms with Crippen LogP contribution in [0.2, 0.25) is 0 Å². The normalized spacial score (nSPS) is 12.5. The Morgan fingerprint density at radius 1 is 1.08 bits per heavy atom. The van der Waals surface area contributed by atoms with Gasteiger partial charge in [0.25, 0.3) is 11.4 Å². The third kappa shape index (κ3) is 4.68. The van der Waals surface area contributed by atoms with Crippen molar-refractivity contribution in [2.24, 2.45) is 0 Å². The van der Waals surface area contributed by atoms with Crippen LogP contribution in [0.3, 0.4) is 0 Å². The van der Waals surface area contributed by atoms with Gasteiger partial charge in [0, 0.05) is 12.5 Å². The van der Waals surface area contributed by atoms with Crippen molar-refractivity contribution in [1.29, 1.82) is 0 Å². The molecule has 0 aliphatic rings. The highest BCUT2D eigenvalue weighted by atomic mass is 16.4. The maximum absolute atomic E-state index is 14.0. The van der Waals surface area contributed by atoms with Gasteiger partial charge in [0.2, 0.25) is 5.89 Å². The summed E-state index contributed by atoms with van der Waals surface area (Å²) in [7, 11) is 0. The molecule has 11 nitrogen and oxygen atoms in total. The molecule has 2 aromatic carbocycles. The number of nitrogen functional groups attached to an aromatic ring is 1. The molecule has 0 radical (unpaired) electrons. The number of nitrogens with zero attached hydrogens (tertiary/aromatic N) is 6. The van der Waals surface area contributed by atoms with E-state index >= 15 is 0 Å². The zero-order valence-corrected chi connectivity index (χ0v) is 20.9. The van der Waals surface area contributed by atoms with E-state index in [-0.39, 0.29) is 17.3 Å². The van der Waals surface area contributed by atoms with E-state index in [1.165, 1.54) is 10.9 Å². The second-order valence-corrected chi connectivity index (χ2v) is 8.57. The predicted octanol–water partition coefficient (Wildman–Crippen LogP) is 3.02. The number of aryl methyl sites for hydroxylation is 1. The maximum Gasteiger partial charge on any atom is 0.267 e. The van der Waals surface area contributed by atoms with Crippen molar-refractivity contribution in [3.05, 3.63) is 82.5 Å². The molecule has 5 aromatic rings. The molecule has 190 valence electrons. The number of rotatable bonds is 5. The Hall–Kier alpha value is -5.08. The number of aliphatic hydroxyl groups is 1. The third-order valence-corrected chi connectivity index (χ3v) is 5.71. The second kappa shape index (κ2) is 10.1. The van der Waals surface area contributed by atoms with Gasteiger partial charge in [0.05, 0.1) is 22.6 Å². The van der Waals surface area contributed by atoms with Crippen LogP contribution in [0.1, 0.15) is 37.2 Å². The van der Waals surface area contributed by atoms with Crippen LogP contribution in [0.5, 0.6) is 0 Å². The van der Waals surface area contributed by atoms with Crippen molar-refractivity contribution in [3.63, 3.8) is 0 Å². The molecule has 0 aliphatic carbocycles. The molecule has 0 spiro atoms. The average molecular weight is 509 g/mol. The first-order valence-electron chi connectivity index (χ1n) is 11.8. The van der Waals surface area contributed by atoms with Gasteiger partial charge in [-0.05, 0) is 38.1 Å². The number of hydrogen-bond donors (Lipinski definition) is 3. The van der Waals surface area contributed by atoms with Crippen molar-refractivity contribution >= 4 is 22.5 Å². The standard InChI is InChI=1S/C27H24N8O3/c1-15(36)12-13-18-8-7-11-20-21(18)27(37)35(19-9-5-4-6-10-19)25(32-20)16(2)31-24-22(23(28)29-14-30-24)26-34-33-17(3)38-26/h4-11,14-16,36H,1-3H3,(H3,28,29,30,31)/t15?,16-/m0/s1. The Morgan fingerprint density at radius 2 is 1.87 bits per heavy atom. The second-order valence-electron chi connectivity index (χ2n) is 8.57. The summed E-state index contributed by atoms with van der Waals surface area (Å²) in [5.41, 5.74) is 7.78. The summed E-state index contributed by atoms with van der Waals surface area (Å²) in [4.78, 5) is 27.3. The Bertz CT molecular complexity index is 1750. The smallest absolute Gasteiger partial charge is 0.267 e. The molecule has 1 unspecified atom stereocenters. The Morgan fingerprint density at radius 3 is 2.58 bits per heavy atom. The molecule has 0 saturated heterocycles. The van der Waals surface area contributed by atoms with Crippen LogP contribution in [0.15, 0.2) is 64.1 Å². The monoisotopic (exact) mass is 508 g/mol. The summed E-state index contributed by atoms with van der Waals surface area (Å²) >= 11 is 0. The summed E-state index contributed by atoms with van der Waals surface area (Å²) in [5.74, 6) is 7.09. The van der Waals surface area contributed by atoms with Crippen molar-refractivity contribution in [2.45, 2.75) is 32.9 Å². The van der Waals surface area contributed by atoms with Crippen molar-refractivity contribution in [1.82, 2.24) is 29.7 Å². The molecule has 3 heterocycles. The Labute approximate surface area is 217 Å². The van der Waals surface area contributed by atoms with Crippen LogP contribution in [0, 0.1) is 18.8 Å². The number of benzene rings is 2. The fourth-order valence-electron chi connectivity index (χ4n) is 4.04. The minimum Gasteiger partial charge on any atom is -0.421 e. The first kappa shape index (κ1) is 24.6. The lowest BCUT2D eigenvalue weighted by Gasteiger charge is -2.21. The van der Waals surface area contributed by atoms with Gasteiger partial charge in [0.1, 0.15) is 35.5 Å². The lowest BCUT2D eigenvalue weighted by Crippen LogP contribution is -2.28. The number of anilines is 2. The number of hydrogen-bond acceptors (Lipinski definition) is 10. The Balaban J connectivity index is 1.69. The van der Waals surface area contributed by atoms with Gasteiger partial charge in [-0.2, -0.15) is 0 Å². The van der Waals surface area contributed by atoms with Gasteiger partial charge in [-0.25, -0.2) is 15.0 Å². The highest BCUT2D eigenvalue weighted by molar-refractivity contribution is 5.85. The molecule has 0 amide bonds. The summed E-state index contributed by atoms with van der Waals surface area (Å²) in [5, 5.41) is 21.2. The van der Waals surface area contributed by atoms with Gasteiger partial charge in [-0.3, -0.25) is 9.36 Å². The zero-order valence-electron chi connectivity index (χ0n) is 20.9. The quantitative estimate of drug-likeness (QED) is 0.301. The van der Waals surface area contributed by atoms with E-state index in [0.29, 0.717) is 45.3 Å². The van der Waals surface area contributed by atoms with E-state index in [1.54, 1.807) is 32.0 Å². The fraction of sp³-hybridized carbons (Fsp3) is 0.185. The third-order valence-electron chi connectivity index (χ3n) is 5.71. The number of nitrogens with one attached hydrogen (secondary N) is 1. The van der Waals surface area contributed by atoms with Crippen molar-refractivity contribution in [2.75, 3.05) is 11.1 Å². The number of fused-ring (bicyclic) bond motifs is 1. The molecule has 2 atom stereocenters. The van der Waals surface area contributed by atoms with Crippen LogP contribution >= 0.6 is 0 Å². The van der Waals surface area contributed by atoms with Crippen LogP contribution in [-0.4, -0.2) is 40.9 Å². The zero-order chi connectivity index (χ0) is 26.8. The highest BCUT2D eigenvalue weighted by Crippen LogP contribution is 2.32. The van der Waals surface area contributed by atoms with Crippen molar-refractivity contribution < 1.29 is 9.52 Å². The molecule has 0 aliphatic heterocycles. The minimum absolute atomic E-state index is 0.159. The van der Waals surface area contributed by atoms with Gasteiger partial charge in [0.15, 0.2) is 0 Å². The van der Waals surface area contributed by atoms with Crippen LogP contribution < -0.4 is 16.6 Å². The van der Waals surface area contributed by atoms with E-state index in [9.17, 15) is 9.90 Å². The van der Waals surface area contributed by atoms with Crippen LogP contribution in [0.4, 0.5) is 11.6 Å². The molecular formula is C27H24N8O3. The maximum atomic E-state index is 14.0. The molecule has 38 heavy (non-hydrogen) atoms. The lowest BCUT2D eigenvalue weighted by molar-refractivity contribution is 0.253. The van der Waals surface area contributed by atoms with E-state index < -0.39 is 12.1 Å². The molecule has 11 heteroatoms. The predicted molar refractivity (Wildman–Crippen MR) is 142 cm³/mol. The van der Waals surface area contributed by atoms with Gasteiger partial charge < -0.3 is 20.6 Å². The van der Waals surface area contributed by atoms with E-state index in [4.69, 9.17) is 15.1 Å². The number of para-hydroxylation sites is 1. The summed E-state index contributed by atoms with van der Waals surface area (Å²) in [6.07, 6.45) is 0.484. The van der Waals surface area contributed by atoms with Gasteiger partial charge in [-0.15, -0.1) is 10.2 Å². The molecular weight excluding hydrogens is 484 g/mol.